The molecule has 0 aromatic heterocycles. The lowest BCUT2D eigenvalue weighted by Gasteiger charge is -2.13. The van der Waals surface area contributed by atoms with E-state index < -0.39 is 0 Å². The molecule has 2 aromatic rings. The smallest absolute Gasteiger partial charge is 0.171 e. The zero-order valence-corrected chi connectivity index (χ0v) is 16.9. The lowest BCUT2D eigenvalue weighted by molar-refractivity contribution is -0.120. The molecule has 0 spiro atoms. The van der Waals surface area contributed by atoms with E-state index in [1.807, 2.05) is 26.0 Å². The molecule has 0 radical (unpaired) electrons. The SMILES string of the molecule is C#CCCC(=O)COc1cc(Cl)c(Cc2ccc(O)c(C(C)C)c2)c(Cl)c1. The Morgan fingerprint density at radius 1 is 1.22 bits per heavy atom. The van der Waals surface area contributed by atoms with Crippen molar-refractivity contribution in [3.8, 4) is 23.8 Å². The number of terminal acetylenes is 1. The van der Waals surface area contributed by atoms with E-state index in [2.05, 4.69) is 5.92 Å². The molecular formula is C22H22Cl2O3. The van der Waals surface area contributed by atoms with Crippen molar-refractivity contribution in [3.05, 3.63) is 57.1 Å². The molecule has 2 rings (SSSR count). The second-order valence-electron chi connectivity index (χ2n) is 6.62. The number of ether oxygens (including phenoxy) is 1. The fourth-order valence-corrected chi connectivity index (χ4v) is 3.26. The van der Waals surface area contributed by atoms with Crippen LogP contribution in [0, 0.1) is 12.3 Å². The summed E-state index contributed by atoms with van der Waals surface area (Å²) in [5, 5.41) is 10.9. The maximum atomic E-state index is 11.7. The number of hydrogen-bond acceptors (Lipinski definition) is 3. The molecule has 0 fully saturated rings. The normalized spacial score (nSPS) is 10.7. The zero-order valence-electron chi connectivity index (χ0n) is 15.4. The molecule has 0 amide bonds. The van der Waals surface area contributed by atoms with Gasteiger partial charge in [0.15, 0.2) is 5.78 Å². The Hall–Kier alpha value is -2.15. The lowest BCUT2D eigenvalue weighted by Crippen LogP contribution is -2.10. The molecule has 0 unspecified atom stereocenters. The molecule has 2 aromatic carbocycles. The Morgan fingerprint density at radius 3 is 2.48 bits per heavy atom. The number of benzene rings is 2. The van der Waals surface area contributed by atoms with Gasteiger partial charge in [-0.15, -0.1) is 12.3 Å². The summed E-state index contributed by atoms with van der Waals surface area (Å²) >= 11 is 12.8. The first-order valence-electron chi connectivity index (χ1n) is 8.69. The number of ketones is 1. The molecule has 5 heteroatoms. The van der Waals surface area contributed by atoms with Crippen molar-refractivity contribution in [2.75, 3.05) is 6.61 Å². The quantitative estimate of drug-likeness (QED) is 0.567. The van der Waals surface area contributed by atoms with Crippen LogP contribution < -0.4 is 4.74 Å². The van der Waals surface area contributed by atoms with Gasteiger partial charge in [0.25, 0.3) is 0 Å². The van der Waals surface area contributed by atoms with Gasteiger partial charge in [-0.1, -0.05) is 49.2 Å². The highest BCUT2D eigenvalue weighted by molar-refractivity contribution is 6.36. The first-order chi connectivity index (χ1) is 12.8. The van der Waals surface area contributed by atoms with E-state index in [1.165, 1.54) is 0 Å². The first kappa shape index (κ1) is 21.2. The predicted molar refractivity (Wildman–Crippen MR) is 110 cm³/mol. The van der Waals surface area contributed by atoms with Gasteiger partial charge in [-0.3, -0.25) is 4.79 Å². The number of phenols is 1. The van der Waals surface area contributed by atoms with Crippen molar-refractivity contribution in [2.45, 2.75) is 39.0 Å². The van der Waals surface area contributed by atoms with E-state index in [9.17, 15) is 9.90 Å². The van der Waals surface area contributed by atoms with Crippen LogP contribution in [0.25, 0.3) is 0 Å². The molecule has 3 nitrogen and oxygen atoms in total. The van der Waals surface area contributed by atoms with Crippen LogP contribution in [-0.2, 0) is 11.2 Å². The molecule has 1 N–H and O–H groups in total. The van der Waals surface area contributed by atoms with Crippen LogP contribution in [0.4, 0.5) is 0 Å². The molecule has 0 bridgehead atoms. The predicted octanol–water partition coefficient (Wildman–Crippen LogP) is 5.77. The first-order valence-corrected chi connectivity index (χ1v) is 9.45. The van der Waals surface area contributed by atoms with Crippen molar-refractivity contribution in [1.82, 2.24) is 0 Å². The van der Waals surface area contributed by atoms with Crippen LogP contribution in [0.3, 0.4) is 0 Å². The maximum Gasteiger partial charge on any atom is 0.171 e. The van der Waals surface area contributed by atoms with Gasteiger partial charge in [0.05, 0.1) is 0 Å². The van der Waals surface area contributed by atoms with Crippen LogP contribution in [0.2, 0.25) is 10.0 Å². The molecule has 0 atom stereocenters. The van der Waals surface area contributed by atoms with Crippen LogP contribution in [0.5, 0.6) is 11.5 Å². The largest absolute Gasteiger partial charge is 0.508 e. The minimum Gasteiger partial charge on any atom is -0.508 e. The van der Waals surface area contributed by atoms with Crippen LogP contribution in [0.15, 0.2) is 30.3 Å². The van der Waals surface area contributed by atoms with Crippen molar-refractivity contribution < 1.29 is 14.6 Å². The molecule has 0 aliphatic heterocycles. The Morgan fingerprint density at radius 2 is 1.89 bits per heavy atom. The van der Waals surface area contributed by atoms with Crippen molar-refractivity contribution >= 4 is 29.0 Å². The fourth-order valence-electron chi connectivity index (χ4n) is 2.66. The average Bonchev–Trinajstić information content (AvgIpc) is 2.62. The summed E-state index contributed by atoms with van der Waals surface area (Å²) in [5.74, 6) is 3.28. The van der Waals surface area contributed by atoms with E-state index in [0.29, 0.717) is 28.6 Å². The number of hydrogen-bond donors (Lipinski definition) is 1. The highest BCUT2D eigenvalue weighted by Crippen LogP contribution is 2.34. The number of Topliss-reactive ketones (excluding diaryl/α,β-unsaturated/α-hetero) is 1. The minimum atomic E-state index is -0.0745. The van der Waals surface area contributed by atoms with Gasteiger partial charge in [-0.25, -0.2) is 0 Å². The zero-order chi connectivity index (χ0) is 20.0. The number of halogens is 2. The van der Waals surface area contributed by atoms with E-state index in [0.717, 1.165) is 16.7 Å². The summed E-state index contributed by atoms with van der Waals surface area (Å²) in [6.45, 7) is 3.98. The molecule has 142 valence electrons. The third-order valence-electron chi connectivity index (χ3n) is 4.16. The van der Waals surface area contributed by atoms with Gasteiger partial charge in [0.2, 0.25) is 0 Å². The molecule has 0 aliphatic rings. The Balaban J connectivity index is 2.14. The number of rotatable bonds is 8. The fraction of sp³-hybridized carbons (Fsp3) is 0.318. The molecule has 0 aliphatic carbocycles. The average molecular weight is 405 g/mol. The van der Waals surface area contributed by atoms with Gasteiger partial charge in [-0.2, -0.15) is 0 Å². The topological polar surface area (TPSA) is 46.5 Å². The summed E-state index contributed by atoms with van der Waals surface area (Å²) in [6.07, 6.45) is 6.36. The van der Waals surface area contributed by atoms with Gasteiger partial charge in [0, 0.05) is 29.3 Å². The van der Waals surface area contributed by atoms with E-state index >= 15 is 0 Å². The number of aromatic hydroxyl groups is 1. The monoisotopic (exact) mass is 404 g/mol. The summed E-state index contributed by atoms with van der Waals surface area (Å²) in [7, 11) is 0. The Labute approximate surface area is 170 Å². The van der Waals surface area contributed by atoms with Gasteiger partial charge in [-0.05, 0) is 40.8 Å². The van der Waals surface area contributed by atoms with Crippen molar-refractivity contribution in [3.63, 3.8) is 0 Å². The molecule has 27 heavy (non-hydrogen) atoms. The highest BCUT2D eigenvalue weighted by Gasteiger charge is 2.13. The summed E-state index contributed by atoms with van der Waals surface area (Å²) in [6, 6.07) is 8.80. The summed E-state index contributed by atoms with van der Waals surface area (Å²) < 4.78 is 5.48. The van der Waals surface area contributed by atoms with Gasteiger partial charge >= 0.3 is 0 Å². The van der Waals surface area contributed by atoms with Crippen LogP contribution >= 0.6 is 23.2 Å². The summed E-state index contributed by atoms with van der Waals surface area (Å²) in [4.78, 5) is 11.7. The molecule has 0 heterocycles. The number of carbonyl (C=O) groups is 1. The molecule has 0 saturated carbocycles. The van der Waals surface area contributed by atoms with Gasteiger partial charge in [0.1, 0.15) is 18.1 Å². The maximum absolute atomic E-state index is 11.7. The Kier molecular flexibility index (Phi) is 7.59. The number of carbonyl (C=O) groups excluding carboxylic acids is 1. The van der Waals surface area contributed by atoms with Crippen molar-refractivity contribution in [2.24, 2.45) is 0 Å². The third kappa shape index (κ3) is 5.92. The Bertz CT molecular complexity index is 843. The minimum absolute atomic E-state index is 0.0661. The molecular weight excluding hydrogens is 383 g/mol. The number of phenolic OH excluding ortho intramolecular Hbond substituents is 1. The van der Waals surface area contributed by atoms with E-state index in [1.54, 1.807) is 18.2 Å². The molecule has 0 saturated heterocycles. The lowest BCUT2D eigenvalue weighted by atomic mass is 9.96. The van der Waals surface area contributed by atoms with Crippen LogP contribution in [-0.4, -0.2) is 17.5 Å². The third-order valence-corrected chi connectivity index (χ3v) is 4.83. The standard InChI is InChI=1S/C22H22Cl2O3/c1-4-5-6-16(25)13-27-17-11-20(23)19(21(24)12-17)10-15-7-8-22(26)18(9-15)14(2)3/h1,7-9,11-12,14,26H,5-6,10,13H2,2-3H3. The second kappa shape index (κ2) is 9.69. The van der Waals surface area contributed by atoms with Crippen LogP contribution in [0.1, 0.15) is 49.3 Å². The second-order valence-corrected chi connectivity index (χ2v) is 7.44. The van der Waals surface area contributed by atoms with Gasteiger partial charge < -0.3 is 9.84 Å². The highest BCUT2D eigenvalue weighted by atomic mass is 35.5. The summed E-state index contributed by atoms with van der Waals surface area (Å²) in [5.41, 5.74) is 2.65. The van der Waals surface area contributed by atoms with E-state index in [4.69, 9.17) is 34.4 Å². The van der Waals surface area contributed by atoms with Crippen molar-refractivity contribution in [1.29, 1.82) is 0 Å². The van der Waals surface area contributed by atoms with E-state index in [-0.39, 0.29) is 30.5 Å².